The van der Waals surface area contributed by atoms with Crippen molar-refractivity contribution in [2.24, 2.45) is 0 Å². The first kappa shape index (κ1) is 13.7. The fourth-order valence-corrected chi connectivity index (χ4v) is 3.64. The van der Waals surface area contributed by atoms with Gasteiger partial charge in [-0.2, -0.15) is 0 Å². The van der Waals surface area contributed by atoms with Crippen molar-refractivity contribution in [1.82, 2.24) is 9.88 Å². The quantitative estimate of drug-likeness (QED) is 0.788. The highest BCUT2D eigenvalue weighted by Crippen LogP contribution is 2.19. The molecule has 0 radical (unpaired) electrons. The first-order chi connectivity index (χ1) is 8.82. The third kappa shape index (κ3) is 2.67. The predicted octanol–water partition coefficient (Wildman–Crippen LogP) is 0.0620. The van der Waals surface area contributed by atoms with Gasteiger partial charge in [-0.1, -0.05) is 0 Å². The summed E-state index contributed by atoms with van der Waals surface area (Å²) in [6, 6.07) is 0.754. The van der Waals surface area contributed by atoms with Crippen molar-refractivity contribution in [3.63, 3.8) is 0 Å². The van der Waals surface area contributed by atoms with E-state index < -0.39 is 27.6 Å². The second-order valence-electron chi connectivity index (χ2n) is 4.52. The highest BCUT2D eigenvalue weighted by Gasteiger charge is 2.32. The summed E-state index contributed by atoms with van der Waals surface area (Å²) < 4.78 is 36.6. The lowest BCUT2D eigenvalue weighted by Crippen LogP contribution is -2.49. The third-order valence-electron chi connectivity index (χ3n) is 3.08. The molecule has 0 spiro atoms. The van der Waals surface area contributed by atoms with Gasteiger partial charge in [0.15, 0.2) is 21.5 Å². The molecule has 0 bridgehead atoms. The summed E-state index contributed by atoms with van der Waals surface area (Å²) >= 11 is 0. The molecular formula is C11H14FN3O3S. The molecule has 8 heteroatoms. The summed E-state index contributed by atoms with van der Waals surface area (Å²) in [6.07, 6.45) is 1.25. The van der Waals surface area contributed by atoms with Crippen LogP contribution in [0.5, 0.6) is 0 Å². The first-order valence-electron chi connectivity index (χ1n) is 5.73. The van der Waals surface area contributed by atoms with E-state index in [2.05, 4.69) is 4.98 Å². The number of sulfone groups is 1. The Labute approximate surface area is 110 Å². The van der Waals surface area contributed by atoms with E-state index in [0.717, 1.165) is 0 Å². The van der Waals surface area contributed by atoms with Gasteiger partial charge in [-0.15, -0.1) is 0 Å². The van der Waals surface area contributed by atoms with Gasteiger partial charge in [-0.3, -0.25) is 4.79 Å². The van der Waals surface area contributed by atoms with Crippen molar-refractivity contribution in [3.05, 3.63) is 23.6 Å². The molecule has 104 valence electrons. The van der Waals surface area contributed by atoms with E-state index >= 15 is 0 Å². The average Bonchev–Trinajstić information content (AvgIpc) is 2.31. The Morgan fingerprint density at radius 1 is 1.58 bits per heavy atom. The molecule has 1 aromatic rings. The van der Waals surface area contributed by atoms with Crippen LogP contribution in [-0.2, 0) is 9.84 Å². The first-order valence-corrected chi connectivity index (χ1v) is 7.55. The molecule has 1 saturated heterocycles. The molecule has 2 N–H and O–H groups in total. The van der Waals surface area contributed by atoms with Crippen LogP contribution in [0, 0.1) is 5.82 Å². The summed E-state index contributed by atoms with van der Waals surface area (Å²) in [7, 11) is -3.12. The second kappa shape index (κ2) is 4.76. The predicted molar refractivity (Wildman–Crippen MR) is 67.8 cm³/mol. The Hall–Kier alpha value is -1.70. The van der Waals surface area contributed by atoms with Gasteiger partial charge in [0.05, 0.1) is 17.1 Å². The van der Waals surface area contributed by atoms with E-state index in [1.165, 1.54) is 17.2 Å². The molecule has 0 saturated carbocycles. The number of carbonyl (C=O) groups is 1. The number of pyridine rings is 1. The van der Waals surface area contributed by atoms with Crippen molar-refractivity contribution in [3.8, 4) is 0 Å². The molecular weight excluding hydrogens is 273 g/mol. The molecule has 1 aliphatic heterocycles. The molecule has 0 aliphatic carbocycles. The summed E-state index contributed by atoms with van der Waals surface area (Å²) in [4.78, 5) is 17.1. The monoisotopic (exact) mass is 287 g/mol. The Morgan fingerprint density at radius 3 is 2.89 bits per heavy atom. The number of hydrogen-bond donors (Lipinski definition) is 1. The Morgan fingerprint density at radius 2 is 2.26 bits per heavy atom. The van der Waals surface area contributed by atoms with Gasteiger partial charge in [0.25, 0.3) is 5.91 Å². The lowest BCUT2D eigenvalue weighted by molar-refractivity contribution is 0.0708. The fraction of sp³-hybridized carbons (Fsp3) is 0.455. The fourth-order valence-electron chi connectivity index (χ4n) is 2.08. The zero-order valence-corrected chi connectivity index (χ0v) is 11.2. The summed E-state index contributed by atoms with van der Waals surface area (Å²) in [5.74, 6) is -1.99. The highest BCUT2D eigenvalue weighted by molar-refractivity contribution is 7.91. The minimum Gasteiger partial charge on any atom is -0.381 e. The summed E-state index contributed by atoms with van der Waals surface area (Å²) in [5, 5.41) is 0. The molecule has 1 aromatic heterocycles. The molecule has 6 nitrogen and oxygen atoms in total. The Bertz CT molecular complexity index is 618. The smallest absolute Gasteiger partial charge is 0.257 e. The van der Waals surface area contributed by atoms with Crippen LogP contribution in [0.3, 0.4) is 0 Å². The van der Waals surface area contributed by atoms with Gasteiger partial charge in [0, 0.05) is 18.8 Å². The van der Waals surface area contributed by atoms with Crippen LogP contribution >= 0.6 is 0 Å². The van der Waals surface area contributed by atoms with Gasteiger partial charge in [-0.25, -0.2) is 17.8 Å². The zero-order valence-electron chi connectivity index (χ0n) is 10.3. The number of carbonyl (C=O) groups excluding carboxylic acids is 1. The number of nitrogen functional groups attached to an aromatic ring is 1. The molecule has 1 fully saturated rings. The number of amides is 1. The zero-order chi connectivity index (χ0) is 14.2. The minimum atomic E-state index is -3.12. The normalized spacial score (nSPS) is 22.2. The van der Waals surface area contributed by atoms with Crippen LogP contribution < -0.4 is 5.73 Å². The third-order valence-corrected chi connectivity index (χ3v) is 4.87. The van der Waals surface area contributed by atoms with Gasteiger partial charge in [0.2, 0.25) is 0 Å². The average molecular weight is 287 g/mol. The van der Waals surface area contributed by atoms with Crippen molar-refractivity contribution in [2.45, 2.75) is 13.0 Å². The van der Waals surface area contributed by atoms with Crippen LogP contribution in [0.25, 0.3) is 0 Å². The van der Waals surface area contributed by atoms with E-state index in [1.54, 1.807) is 6.92 Å². The van der Waals surface area contributed by atoms with Crippen molar-refractivity contribution >= 4 is 21.6 Å². The largest absolute Gasteiger partial charge is 0.381 e. The van der Waals surface area contributed by atoms with E-state index in [0.29, 0.717) is 0 Å². The van der Waals surface area contributed by atoms with Crippen LogP contribution in [0.2, 0.25) is 0 Å². The van der Waals surface area contributed by atoms with Crippen molar-refractivity contribution in [2.75, 3.05) is 23.8 Å². The maximum absolute atomic E-state index is 13.7. The van der Waals surface area contributed by atoms with Crippen LogP contribution in [0.1, 0.15) is 17.3 Å². The van der Waals surface area contributed by atoms with Crippen molar-refractivity contribution < 1.29 is 17.6 Å². The van der Waals surface area contributed by atoms with Crippen LogP contribution in [-0.4, -0.2) is 48.3 Å². The number of anilines is 1. The van der Waals surface area contributed by atoms with Gasteiger partial charge in [-0.05, 0) is 13.0 Å². The summed E-state index contributed by atoms with van der Waals surface area (Å²) in [6.45, 7) is 1.68. The van der Waals surface area contributed by atoms with E-state index in [1.807, 2.05) is 0 Å². The highest BCUT2D eigenvalue weighted by atomic mass is 32.2. The van der Waals surface area contributed by atoms with Crippen LogP contribution in [0.4, 0.5) is 10.2 Å². The number of nitrogens with two attached hydrogens (primary N) is 1. The standard InChI is InChI=1S/C11H14FN3O3S/c1-7-6-19(17,18)5-4-15(7)11(16)8-2-3-14-10(13)9(8)12/h2-3,7H,4-6H2,1H3,(H2,13,14). The minimum absolute atomic E-state index is 0.0595. The van der Waals surface area contributed by atoms with Gasteiger partial charge < -0.3 is 10.6 Å². The molecule has 2 heterocycles. The number of hydrogen-bond acceptors (Lipinski definition) is 5. The number of halogens is 1. The van der Waals surface area contributed by atoms with E-state index in [4.69, 9.17) is 5.73 Å². The number of nitrogens with zero attached hydrogens (tertiary/aromatic N) is 2. The molecule has 2 rings (SSSR count). The maximum Gasteiger partial charge on any atom is 0.257 e. The molecule has 1 amide bonds. The lowest BCUT2D eigenvalue weighted by atomic mass is 10.2. The maximum atomic E-state index is 13.7. The molecule has 1 atom stereocenters. The number of rotatable bonds is 1. The van der Waals surface area contributed by atoms with Crippen molar-refractivity contribution in [1.29, 1.82) is 0 Å². The molecule has 0 aromatic carbocycles. The Kier molecular flexibility index (Phi) is 3.44. The van der Waals surface area contributed by atoms with Gasteiger partial charge >= 0.3 is 0 Å². The second-order valence-corrected chi connectivity index (χ2v) is 6.75. The van der Waals surface area contributed by atoms with E-state index in [9.17, 15) is 17.6 Å². The molecule has 1 unspecified atom stereocenters. The summed E-state index contributed by atoms with van der Waals surface area (Å²) in [5.41, 5.74) is 5.13. The van der Waals surface area contributed by atoms with Gasteiger partial charge in [0.1, 0.15) is 0 Å². The van der Waals surface area contributed by atoms with Crippen LogP contribution in [0.15, 0.2) is 12.3 Å². The SMILES string of the molecule is CC1CS(=O)(=O)CCN1C(=O)c1ccnc(N)c1F. The number of aromatic nitrogens is 1. The Balaban J connectivity index is 2.28. The molecule has 19 heavy (non-hydrogen) atoms. The van der Waals surface area contributed by atoms with E-state index in [-0.39, 0.29) is 29.4 Å². The lowest BCUT2D eigenvalue weighted by Gasteiger charge is -2.33. The topological polar surface area (TPSA) is 93.4 Å². The molecule has 1 aliphatic rings.